The van der Waals surface area contributed by atoms with Crippen LogP contribution in [0.3, 0.4) is 0 Å². The second-order valence-corrected chi connectivity index (χ2v) is 7.61. The fraction of sp³-hybridized carbons (Fsp3) is 0.278. The molecule has 0 fully saturated rings. The van der Waals surface area contributed by atoms with E-state index in [-0.39, 0.29) is 5.91 Å². The van der Waals surface area contributed by atoms with Crippen molar-refractivity contribution in [1.82, 2.24) is 0 Å². The van der Waals surface area contributed by atoms with E-state index in [1.54, 1.807) is 43.3 Å². The van der Waals surface area contributed by atoms with Gasteiger partial charge in [-0.2, -0.15) is 0 Å². The van der Waals surface area contributed by atoms with Gasteiger partial charge in [0.25, 0.3) is 5.91 Å². The van der Waals surface area contributed by atoms with Crippen molar-refractivity contribution >= 4 is 27.3 Å². The summed E-state index contributed by atoms with van der Waals surface area (Å²) in [6.07, 6.45) is 1.12. The van der Waals surface area contributed by atoms with Crippen molar-refractivity contribution in [3.8, 4) is 5.75 Å². The zero-order chi connectivity index (χ0) is 18.6. The number of amides is 1. The molecule has 25 heavy (non-hydrogen) atoms. The lowest BCUT2D eigenvalue weighted by atomic mass is 10.1. The Morgan fingerprint density at radius 1 is 1.20 bits per heavy atom. The molecular formula is C18H22N2O4S. The Morgan fingerprint density at radius 3 is 2.52 bits per heavy atom. The minimum Gasteiger partial charge on any atom is -0.494 e. The molecule has 0 atom stereocenters. The van der Waals surface area contributed by atoms with Crippen LogP contribution in [0.5, 0.6) is 5.75 Å². The maximum atomic E-state index is 12.6. The van der Waals surface area contributed by atoms with Gasteiger partial charge in [-0.15, -0.1) is 0 Å². The third-order valence-corrected chi connectivity index (χ3v) is 4.98. The normalized spacial score (nSPS) is 11.0. The Labute approximate surface area is 148 Å². The molecular weight excluding hydrogens is 340 g/mol. The molecule has 0 spiro atoms. The van der Waals surface area contributed by atoms with E-state index < -0.39 is 10.0 Å². The number of carbonyl (C=O) groups excluding carboxylic acids is 1. The minimum absolute atomic E-state index is 0.310. The molecule has 134 valence electrons. The van der Waals surface area contributed by atoms with Crippen molar-refractivity contribution in [2.75, 3.05) is 29.5 Å². The fourth-order valence-corrected chi connectivity index (χ4v) is 2.97. The van der Waals surface area contributed by atoms with Gasteiger partial charge in [0.05, 0.1) is 18.6 Å². The van der Waals surface area contributed by atoms with E-state index in [4.69, 9.17) is 4.74 Å². The van der Waals surface area contributed by atoms with Gasteiger partial charge in [0.15, 0.2) is 0 Å². The largest absolute Gasteiger partial charge is 0.494 e. The van der Waals surface area contributed by atoms with E-state index in [9.17, 15) is 13.2 Å². The number of nitrogens with zero attached hydrogens (tertiary/aromatic N) is 1. The standard InChI is InChI=1S/C18H22N2O4S/c1-5-24-15-9-6-8-14(12-15)19-18(21)16-10-7-11-17(13(16)2)20(3)25(4,22)23/h6-12H,5H2,1-4H3,(H,19,21). The Bertz CT molecular complexity index is 878. The molecule has 1 amide bonds. The molecule has 0 unspecified atom stereocenters. The van der Waals surface area contributed by atoms with Crippen molar-refractivity contribution in [1.29, 1.82) is 0 Å². The van der Waals surface area contributed by atoms with Crippen molar-refractivity contribution in [3.05, 3.63) is 53.6 Å². The molecule has 0 bridgehead atoms. The minimum atomic E-state index is -3.41. The number of rotatable bonds is 6. The SMILES string of the molecule is CCOc1cccc(NC(=O)c2cccc(N(C)S(C)(=O)=O)c2C)c1. The molecule has 2 aromatic rings. The molecule has 6 nitrogen and oxygen atoms in total. The van der Waals surface area contributed by atoms with Gasteiger partial charge in [-0.1, -0.05) is 12.1 Å². The molecule has 7 heteroatoms. The first-order valence-electron chi connectivity index (χ1n) is 7.81. The maximum Gasteiger partial charge on any atom is 0.256 e. The summed E-state index contributed by atoms with van der Waals surface area (Å²) in [6, 6.07) is 12.1. The predicted molar refractivity (Wildman–Crippen MR) is 100.0 cm³/mol. The average molecular weight is 362 g/mol. The first-order chi connectivity index (χ1) is 11.7. The number of hydrogen-bond acceptors (Lipinski definition) is 4. The van der Waals surface area contributed by atoms with Crippen LogP contribution in [-0.2, 0) is 10.0 Å². The van der Waals surface area contributed by atoms with E-state index in [0.717, 1.165) is 10.6 Å². The quantitative estimate of drug-likeness (QED) is 0.857. The highest BCUT2D eigenvalue weighted by Crippen LogP contribution is 2.25. The van der Waals surface area contributed by atoms with Gasteiger partial charge in [-0.25, -0.2) is 8.42 Å². The lowest BCUT2D eigenvalue weighted by molar-refractivity contribution is 0.102. The monoisotopic (exact) mass is 362 g/mol. The number of carbonyl (C=O) groups is 1. The molecule has 0 heterocycles. The van der Waals surface area contributed by atoms with Crippen LogP contribution in [0, 0.1) is 6.92 Å². The van der Waals surface area contributed by atoms with E-state index in [1.807, 2.05) is 13.0 Å². The third kappa shape index (κ3) is 4.51. The number of ether oxygens (including phenoxy) is 1. The molecule has 0 saturated carbocycles. The Morgan fingerprint density at radius 2 is 1.88 bits per heavy atom. The average Bonchev–Trinajstić information content (AvgIpc) is 2.54. The second-order valence-electron chi connectivity index (χ2n) is 5.60. The van der Waals surface area contributed by atoms with Crippen LogP contribution in [0.2, 0.25) is 0 Å². The van der Waals surface area contributed by atoms with Gasteiger partial charge < -0.3 is 10.1 Å². The van der Waals surface area contributed by atoms with Crippen LogP contribution in [0.1, 0.15) is 22.8 Å². The summed E-state index contributed by atoms with van der Waals surface area (Å²) in [5.41, 5.74) is 2.08. The van der Waals surface area contributed by atoms with Crippen LogP contribution in [0.25, 0.3) is 0 Å². The highest BCUT2D eigenvalue weighted by molar-refractivity contribution is 7.92. The van der Waals surface area contributed by atoms with Crippen LogP contribution < -0.4 is 14.4 Å². The number of sulfonamides is 1. The first-order valence-corrected chi connectivity index (χ1v) is 9.66. The lowest BCUT2D eigenvalue weighted by Crippen LogP contribution is -2.26. The van der Waals surface area contributed by atoms with Crippen molar-refractivity contribution in [2.24, 2.45) is 0 Å². The van der Waals surface area contributed by atoms with Gasteiger partial charge in [-0.3, -0.25) is 9.10 Å². The topological polar surface area (TPSA) is 75.7 Å². The Kier molecular flexibility index (Phi) is 5.69. The van der Waals surface area contributed by atoms with E-state index in [1.165, 1.54) is 7.05 Å². The third-order valence-electron chi connectivity index (χ3n) is 3.79. The van der Waals surface area contributed by atoms with Gasteiger partial charge in [0.1, 0.15) is 5.75 Å². The summed E-state index contributed by atoms with van der Waals surface area (Å²) in [5.74, 6) is 0.359. The van der Waals surface area contributed by atoms with Crippen molar-refractivity contribution in [3.63, 3.8) is 0 Å². The van der Waals surface area contributed by atoms with Gasteiger partial charge in [0.2, 0.25) is 10.0 Å². The van der Waals surface area contributed by atoms with E-state index >= 15 is 0 Å². The highest BCUT2D eigenvalue weighted by atomic mass is 32.2. The highest BCUT2D eigenvalue weighted by Gasteiger charge is 2.18. The molecule has 0 saturated heterocycles. The summed E-state index contributed by atoms with van der Waals surface area (Å²) < 4.78 is 30.1. The van der Waals surface area contributed by atoms with Crippen LogP contribution in [0.15, 0.2) is 42.5 Å². The maximum absolute atomic E-state index is 12.6. The lowest BCUT2D eigenvalue weighted by Gasteiger charge is -2.20. The number of hydrogen-bond donors (Lipinski definition) is 1. The summed E-state index contributed by atoms with van der Waals surface area (Å²) in [7, 11) is -1.94. The Balaban J connectivity index is 2.30. The summed E-state index contributed by atoms with van der Waals surface area (Å²) >= 11 is 0. The fourth-order valence-electron chi connectivity index (χ4n) is 2.42. The molecule has 0 aliphatic rings. The zero-order valence-electron chi connectivity index (χ0n) is 14.7. The zero-order valence-corrected chi connectivity index (χ0v) is 15.6. The molecule has 0 aliphatic heterocycles. The molecule has 0 aliphatic carbocycles. The molecule has 2 aromatic carbocycles. The smallest absolute Gasteiger partial charge is 0.256 e. The van der Waals surface area contributed by atoms with Crippen LogP contribution in [0.4, 0.5) is 11.4 Å². The molecule has 2 rings (SSSR count). The molecule has 0 aromatic heterocycles. The molecule has 1 N–H and O–H groups in total. The number of anilines is 2. The van der Waals surface area contributed by atoms with E-state index in [0.29, 0.717) is 34.9 Å². The van der Waals surface area contributed by atoms with Gasteiger partial charge >= 0.3 is 0 Å². The number of nitrogens with one attached hydrogen (secondary N) is 1. The summed E-state index contributed by atoms with van der Waals surface area (Å²) in [5, 5.41) is 2.82. The van der Waals surface area contributed by atoms with E-state index in [2.05, 4.69) is 5.32 Å². The Hall–Kier alpha value is -2.54. The van der Waals surface area contributed by atoms with Crippen LogP contribution >= 0.6 is 0 Å². The predicted octanol–water partition coefficient (Wildman–Crippen LogP) is 3.04. The van der Waals surface area contributed by atoms with Crippen LogP contribution in [-0.4, -0.2) is 34.2 Å². The van der Waals surface area contributed by atoms with Crippen molar-refractivity contribution in [2.45, 2.75) is 13.8 Å². The summed E-state index contributed by atoms with van der Waals surface area (Å²) in [6.45, 7) is 4.15. The second kappa shape index (κ2) is 7.57. The first kappa shape index (κ1) is 18.8. The van der Waals surface area contributed by atoms with Crippen molar-refractivity contribution < 1.29 is 17.9 Å². The number of benzene rings is 2. The van der Waals surface area contributed by atoms with Gasteiger partial charge in [0, 0.05) is 24.4 Å². The molecule has 0 radical (unpaired) electrons. The van der Waals surface area contributed by atoms with Gasteiger partial charge in [-0.05, 0) is 43.7 Å². The summed E-state index contributed by atoms with van der Waals surface area (Å²) in [4.78, 5) is 12.6.